The number of hydrogen-bond donors (Lipinski definition) is 0. The first kappa shape index (κ1) is 15.1. The minimum absolute atomic E-state index is 0.592. The Morgan fingerprint density at radius 1 is 0.786 bits per heavy atom. The second-order valence-corrected chi connectivity index (χ2v) is 6.64. The Morgan fingerprint density at radius 2 is 1.64 bits per heavy atom. The lowest BCUT2D eigenvalue weighted by atomic mass is 10.2. The fourth-order valence-electron chi connectivity index (χ4n) is 3.71. The summed E-state index contributed by atoms with van der Waals surface area (Å²) in [4.78, 5) is 13.2. The highest BCUT2D eigenvalue weighted by Gasteiger charge is 2.13. The van der Waals surface area contributed by atoms with Gasteiger partial charge in [-0.25, -0.2) is 9.97 Å². The summed E-state index contributed by atoms with van der Waals surface area (Å²) in [5.74, 6) is 0.592. The van der Waals surface area contributed by atoms with Crippen LogP contribution in [0.2, 0.25) is 0 Å². The summed E-state index contributed by atoms with van der Waals surface area (Å²) in [6, 6.07) is 22.5. The topological polar surface area (TPSA) is 56.7 Å². The number of oxazole rings is 1. The SMILES string of the molecule is c1ccc2c(c1)c1cccnc1n2-c1ccc(-c2nc3cnccc3o2)cc1. The molecule has 0 unspecified atom stereocenters. The summed E-state index contributed by atoms with van der Waals surface area (Å²) in [6.45, 7) is 0. The summed E-state index contributed by atoms with van der Waals surface area (Å²) >= 11 is 0. The number of pyridine rings is 2. The van der Waals surface area contributed by atoms with Crippen LogP contribution >= 0.6 is 0 Å². The predicted molar refractivity (Wildman–Crippen MR) is 109 cm³/mol. The Bertz CT molecular complexity index is 1370. The van der Waals surface area contributed by atoms with Gasteiger partial charge in [-0.15, -0.1) is 0 Å². The fraction of sp³-hybridized carbons (Fsp3) is 0. The van der Waals surface area contributed by atoms with Crippen molar-refractivity contribution in [1.82, 2.24) is 19.5 Å². The van der Waals surface area contributed by atoms with Gasteiger partial charge in [0.2, 0.25) is 5.89 Å². The van der Waals surface area contributed by atoms with Crippen LogP contribution < -0.4 is 0 Å². The number of hydrogen-bond acceptors (Lipinski definition) is 4. The van der Waals surface area contributed by atoms with E-state index in [0.29, 0.717) is 5.89 Å². The molecule has 4 aromatic heterocycles. The van der Waals surface area contributed by atoms with E-state index in [1.807, 2.05) is 30.5 Å². The Balaban J connectivity index is 1.52. The molecule has 132 valence electrons. The van der Waals surface area contributed by atoms with Crippen LogP contribution in [0.3, 0.4) is 0 Å². The molecule has 0 amide bonds. The summed E-state index contributed by atoms with van der Waals surface area (Å²) in [5, 5.41) is 2.34. The van der Waals surface area contributed by atoms with Crippen LogP contribution in [0.5, 0.6) is 0 Å². The maximum Gasteiger partial charge on any atom is 0.227 e. The average molecular weight is 362 g/mol. The molecule has 0 N–H and O–H groups in total. The number of fused-ring (bicyclic) bond motifs is 4. The van der Waals surface area contributed by atoms with Gasteiger partial charge in [-0.3, -0.25) is 9.55 Å². The van der Waals surface area contributed by atoms with Gasteiger partial charge in [-0.1, -0.05) is 18.2 Å². The highest BCUT2D eigenvalue weighted by atomic mass is 16.3. The Morgan fingerprint density at radius 3 is 2.54 bits per heavy atom. The first-order valence-electron chi connectivity index (χ1n) is 9.04. The van der Waals surface area contributed by atoms with E-state index in [-0.39, 0.29) is 0 Å². The molecule has 0 aliphatic carbocycles. The third kappa shape index (κ3) is 2.16. The van der Waals surface area contributed by atoms with E-state index >= 15 is 0 Å². The molecule has 6 rings (SSSR count). The number of aromatic nitrogens is 4. The van der Waals surface area contributed by atoms with E-state index in [1.165, 1.54) is 5.39 Å². The van der Waals surface area contributed by atoms with Crippen molar-refractivity contribution in [2.45, 2.75) is 0 Å². The smallest absolute Gasteiger partial charge is 0.227 e. The molecule has 0 fully saturated rings. The van der Waals surface area contributed by atoms with Gasteiger partial charge >= 0.3 is 0 Å². The minimum Gasteiger partial charge on any atom is -0.436 e. The van der Waals surface area contributed by atoms with E-state index in [0.717, 1.165) is 38.9 Å². The Labute approximate surface area is 159 Å². The van der Waals surface area contributed by atoms with Crippen LogP contribution in [-0.4, -0.2) is 19.5 Å². The molecule has 5 heteroatoms. The second-order valence-electron chi connectivity index (χ2n) is 6.64. The highest BCUT2D eigenvalue weighted by Crippen LogP contribution is 2.31. The van der Waals surface area contributed by atoms with E-state index < -0.39 is 0 Å². The molecule has 0 spiro atoms. The van der Waals surface area contributed by atoms with Crippen molar-refractivity contribution in [3.05, 3.63) is 85.3 Å². The zero-order valence-corrected chi connectivity index (χ0v) is 14.8. The van der Waals surface area contributed by atoms with E-state index in [1.54, 1.807) is 12.4 Å². The van der Waals surface area contributed by atoms with Gasteiger partial charge in [0.25, 0.3) is 0 Å². The van der Waals surface area contributed by atoms with Crippen LogP contribution in [-0.2, 0) is 0 Å². The molecule has 2 aromatic carbocycles. The van der Waals surface area contributed by atoms with Crippen LogP contribution in [0.15, 0.2) is 89.7 Å². The molecule has 0 radical (unpaired) electrons. The van der Waals surface area contributed by atoms with Gasteiger partial charge in [-0.05, 0) is 42.5 Å². The van der Waals surface area contributed by atoms with Gasteiger partial charge in [0.15, 0.2) is 5.58 Å². The molecule has 6 aromatic rings. The number of nitrogens with zero attached hydrogens (tertiary/aromatic N) is 4. The van der Waals surface area contributed by atoms with Gasteiger partial charge in [0, 0.05) is 40.5 Å². The molecule has 0 saturated heterocycles. The molecule has 0 saturated carbocycles. The third-order valence-electron chi connectivity index (χ3n) is 5.00. The van der Waals surface area contributed by atoms with Crippen molar-refractivity contribution in [2.24, 2.45) is 0 Å². The normalized spacial score (nSPS) is 11.6. The first-order chi connectivity index (χ1) is 13.9. The minimum atomic E-state index is 0.592. The first-order valence-corrected chi connectivity index (χ1v) is 9.04. The lowest BCUT2D eigenvalue weighted by Gasteiger charge is -2.07. The van der Waals surface area contributed by atoms with Crippen LogP contribution in [0.4, 0.5) is 0 Å². The predicted octanol–water partition coefficient (Wildman–Crippen LogP) is 5.38. The van der Waals surface area contributed by atoms with Crippen LogP contribution in [0.1, 0.15) is 0 Å². The van der Waals surface area contributed by atoms with Gasteiger partial charge in [-0.2, -0.15) is 0 Å². The maximum absolute atomic E-state index is 5.85. The summed E-state index contributed by atoms with van der Waals surface area (Å²) in [7, 11) is 0. The standard InChI is InChI=1S/C23H14N4O/c1-2-6-20-17(4-1)18-5-3-12-25-22(18)27(20)16-9-7-15(8-10-16)23-26-19-14-24-13-11-21(19)28-23/h1-14H. The van der Waals surface area contributed by atoms with Crippen LogP contribution in [0, 0.1) is 0 Å². The fourth-order valence-corrected chi connectivity index (χ4v) is 3.71. The molecule has 0 aliphatic rings. The van der Waals surface area contributed by atoms with Crippen molar-refractivity contribution in [2.75, 3.05) is 0 Å². The third-order valence-corrected chi connectivity index (χ3v) is 5.00. The van der Waals surface area contributed by atoms with E-state index in [2.05, 4.69) is 62.0 Å². The van der Waals surface area contributed by atoms with E-state index in [4.69, 9.17) is 4.42 Å². The van der Waals surface area contributed by atoms with Gasteiger partial charge in [0.1, 0.15) is 11.2 Å². The van der Waals surface area contributed by atoms with Crippen molar-refractivity contribution in [3.63, 3.8) is 0 Å². The maximum atomic E-state index is 5.85. The second kappa shape index (κ2) is 5.76. The lowest BCUT2D eigenvalue weighted by molar-refractivity contribution is 0.619. The average Bonchev–Trinajstić information content (AvgIpc) is 3.33. The van der Waals surface area contributed by atoms with E-state index in [9.17, 15) is 0 Å². The highest BCUT2D eigenvalue weighted by molar-refractivity contribution is 6.07. The zero-order valence-electron chi connectivity index (χ0n) is 14.8. The molecule has 0 aliphatic heterocycles. The summed E-state index contributed by atoms with van der Waals surface area (Å²) < 4.78 is 8.04. The largest absolute Gasteiger partial charge is 0.436 e. The Hall–Kier alpha value is -3.99. The molecule has 0 atom stereocenters. The monoisotopic (exact) mass is 362 g/mol. The molecular formula is C23H14N4O. The molecule has 5 nitrogen and oxygen atoms in total. The number of benzene rings is 2. The Kier molecular flexibility index (Phi) is 3.10. The number of para-hydroxylation sites is 1. The van der Waals surface area contributed by atoms with Gasteiger partial charge in [0.05, 0.1) is 11.7 Å². The van der Waals surface area contributed by atoms with Crippen LogP contribution in [0.25, 0.3) is 50.2 Å². The number of rotatable bonds is 2. The lowest BCUT2D eigenvalue weighted by Crippen LogP contribution is -1.95. The molecule has 0 bridgehead atoms. The summed E-state index contributed by atoms with van der Waals surface area (Å²) in [5.41, 5.74) is 5.55. The molecule has 4 heterocycles. The van der Waals surface area contributed by atoms with Crippen molar-refractivity contribution >= 4 is 33.0 Å². The molecule has 28 heavy (non-hydrogen) atoms. The summed E-state index contributed by atoms with van der Waals surface area (Å²) in [6.07, 6.45) is 5.24. The zero-order chi connectivity index (χ0) is 18.5. The quantitative estimate of drug-likeness (QED) is 0.415. The molecular weight excluding hydrogens is 348 g/mol. The van der Waals surface area contributed by atoms with Crippen molar-refractivity contribution in [3.8, 4) is 17.1 Å². The van der Waals surface area contributed by atoms with Crippen molar-refractivity contribution < 1.29 is 4.42 Å². The van der Waals surface area contributed by atoms with Crippen molar-refractivity contribution in [1.29, 1.82) is 0 Å². The van der Waals surface area contributed by atoms with Gasteiger partial charge < -0.3 is 4.42 Å².